The molecule has 11 nitrogen and oxygen atoms in total. The highest BCUT2D eigenvalue weighted by Crippen LogP contribution is 2.18. The van der Waals surface area contributed by atoms with Crippen LogP contribution in [0.15, 0.2) is 36.5 Å². The van der Waals surface area contributed by atoms with Gasteiger partial charge in [0.05, 0.1) is 32.3 Å². The summed E-state index contributed by atoms with van der Waals surface area (Å²) in [6, 6.07) is 7.36. The van der Waals surface area contributed by atoms with Crippen LogP contribution in [-0.4, -0.2) is 41.5 Å². The van der Waals surface area contributed by atoms with E-state index in [1.54, 1.807) is 26.0 Å². The molecule has 0 saturated carbocycles. The number of esters is 1. The van der Waals surface area contributed by atoms with Gasteiger partial charge in [0.25, 0.3) is 5.52 Å². The molecule has 3 aromatic rings. The second-order valence-corrected chi connectivity index (χ2v) is 7.93. The lowest BCUT2D eigenvalue weighted by Gasteiger charge is -2.11. The van der Waals surface area contributed by atoms with Gasteiger partial charge in [0.2, 0.25) is 11.0 Å². The summed E-state index contributed by atoms with van der Waals surface area (Å²) in [5.74, 6) is -0.897. The maximum absolute atomic E-state index is 12.6. The summed E-state index contributed by atoms with van der Waals surface area (Å²) >= 11 is 0. The van der Waals surface area contributed by atoms with Crippen LogP contribution in [0.4, 0.5) is 19.1 Å². The molecule has 0 spiro atoms. The predicted octanol–water partition coefficient (Wildman–Crippen LogP) is 2.31. The van der Waals surface area contributed by atoms with Gasteiger partial charge in [0.1, 0.15) is 0 Å². The molecule has 0 saturated heterocycles. The van der Waals surface area contributed by atoms with E-state index in [2.05, 4.69) is 20.1 Å². The van der Waals surface area contributed by atoms with Crippen LogP contribution in [-0.2, 0) is 27.5 Å². The fraction of sp³-hybridized carbons (Fsp3) is 0.409. The molecule has 0 amide bonds. The van der Waals surface area contributed by atoms with Crippen molar-refractivity contribution in [2.24, 2.45) is 0 Å². The summed E-state index contributed by atoms with van der Waals surface area (Å²) in [5, 5.41) is 31.3. The molecular weight excluding hydrogens is 487 g/mol. The number of alkyl halides is 3. The minimum atomic E-state index is -4.47. The van der Waals surface area contributed by atoms with E-state index in [4.69, 9.17) is 9.47 Å². The fourth-order valence-electron chi connectivity index (χ4n) is 3.05. The van der Waals surface area contributed by atoms with E-state index < -0.39 is 18.8 Å². The van der Waals surface area contributed by atoms with Gasteiger partial charge < -0.3 is 24.6 Å². The van der Waals surface area contributed by atoms with E-state index in [-0.39, 0.29) is 60.0 Å². The lowest BCUT2D eigenvalue weighted by molar-refractivity contribution is -0.672. The first-order valence-corrected chi connectivity index (χ1v) is 10.8. The molecule has 36 heavy (non-hydrogen) atoms. The predicted molar refractivity (Wildman–Crippen MR) is 118 cm³/mol. The van der Waals surface area contributed by atoms with Crippen molar-refractivity contribution in [2.75, 3.05) is 18.5 Å². The zero-order valence-electron chi connectivity index (χ0n) is 19.4. The van der Waals surface area contributed by atoms with Crippen molar-refractivity contribution >= 4 is 23.0 Å². The monoisotopic (exact) mass is 511 g/mol. The second kappa shape index (κ2) is 11.7. The Bertz CT molecular complexity index is 1210. The van der Waals surface area contributed by atoms with Crippen molar-refractivity contribution in [2.45, 2.75) is 45.8 Å². The average molecular weight is 511 g/mol. The number of hydrogen-bond donors (Lipinski definition) is 1. The normalized spacial score (nSPS) is 11.6. The van der Waals surface area contributed by atoms with Crippen LogP contribution in [0.1, 0.15) is 31.4 Å². The summed E-state index contributed by atoms with van der Waals surface area (Å²) in [7, 11) is 0. The Morgan fingerprint density at radius 3 is 2.53 bits per heavy atom. The Morgan fingerprint density at radius 2 is 1.83 bits per heavy atom. The number of ether oxygens (including phenoxy) is 3. The van der Waals surface area contributed by atoms with Crippen molar-refractivity contribution in [3.05, 3.63) is 58.1 Å². The average Bonchev–Trinajstić information content (AvgIpc) is 2.80. The number of aromatic nitrogens is 4. The second-order valence-electron chi connectivity index (χ2n) is 7.93. The Balaban J connectivity index is 1.60. The molecule has 0 fully saturated rings. The van der Waals surface area contributed by atoms with Gasteiger partial charge in [-0.1, -0.05) is 6.07 Å². The lowest BCUT2D eigenvalue weighted by atomic mass is 10.2. The molecule has 2 aromatic heterocycles. The van der Waals surface area contributed by atoms with Crippen molar-refractivity contribution in [1.29, 1.82) is 0 Å². The molecule has 2 heterocycles. The molecule has 0 aliphatic rings. The first-order valence-electron chi connectivity index (χ1n) is 10.8. The first-order chi connectivity index (χ1) is 17.0. The Kier molecular flexibility index (Phi) is 8.64. The summed E-state index contributed by atoms with van der Waals surface area (Å²) < 4.78 is 52.5. The lowest BCUT2D eigenvalue weighted by Crippen LogP contribution is -2.44. The number of nitrogens with zero attached hydrogens (tertiary/aromatic N) is 4. The van der Waals surface area contributed by atoms with Crippen molar-refractivity contribution in [3.8, 4) is 5.88 Å². The van der Waals surface area contributed by atoms with Crippen LogP contribution in [0, 0.1) is 10.4 Å². The number of fused-ring (bicyclic) bond motifs is 1. The molecule has 0 bridgehead atoms. The van der Waals surface area contributed by atoms with E-state index >= 15 is 0 Å². The van der Waals surface area contributed by atoms with E-state index in [0.29, 0.717) is 15.9 Å². The molecule has 0 radical (unpaired) electrons. The molecule has 3 rings (SSSR count). The van der Waals surface area contributed by atoms with Crippen LogP contribution in [0.2, 0.25) is 0 Å². The fourth-order valence-corrected chi connectivity index (χ4v) is 3.05. The van der Waals surface area contributed by atoms with Gasteiger partial charge in [-0.2, -0.15) is 13.2 Å². The Labute approximate surface area is 203 Å². The highest BCUT2D eigenvalue weighted by molar-refractivity contribution is 5.70. The number of rotatable bonds is 11. The first kappa shape index (κ1) is 26.7. The van der Waals surface area contributed by atoms with Gasteiger partial charge >= 0.3 is 18.1 Å². The van der Waals surface area contributed by atoms with Gasteiger partial charge in [-0.05, 0) is 37.1 Å². The van der Waals surface area contributed by atoms with E-state index in [1.165, 1.54) is 24.4 Å². The van der Waals surface area contributed by atoms with Gasteiger partial charge in [-0.15, -0.1) is 0 Å². The SMILES string of the molecule is CC(C)OC(=O)CCNc1n[n+]([O-])c2cc(COCc3ccnc(OCC(F)(F)F)c3)ccc2[n+]1[O-]. The van der Waals surface area contributed by atoms with Crippen LogP contribution in [0.3, 0.4) is 0 Å². The summed E-state index contributed by atoms with van der Waals surface area (Å²) in [6.45, 7) is 2.13. The van der Waals surface area contributed by atoms with Gasteiger partial charge in [-0.25, -0.2) is 9.71 Å². The summed E-state index contributed by atoms with van der Waals surface area (Å²) in [5.41, 5.74) is 1.15. The maximum atomic E-state index is 12.6. The third-order valence-corrected chi connectivity index (χ3v) is 4.54. The molecule has 0 unspecified atom stereocenters. The number of halogens is 3. The Hall–Kier alpha value is -3.94. The largest absolute Gasteiger partial charge is 0.739 e. The van der Waals surface area contributed by atoms with Crippen molar-refractivity contribution < 1.29 is 41.8 Å². The minimum absolute atomic E-state index is 0.00242. The van der Waals surface area contributed by atoms with E-state index in [9.17, 15) is 28.4 Å². The van der Waals surface area contributed by atoms with Crippen LogP contribution < -0.4 is 19.6 Å². The zero-order valence-corrected chi connectivity index (χ0v) is 19.4. The van der Waals surface area contributed by atoms with Crippen LogP contribution >= 0.6 is 0 Å². The highest BCUT2D eigenvalue weighted by atomic mass is 19.4. The Morgan fingerprint density at radius 1 is 1.11 bits per heavy atom. The number of pyridine rings is 1. The maximum Gasteiger partial charge on any atom is 0.460 e. The molecule has 194 valence electrons. The van der Waals surface area contributed by atoms with Crippen LogP contribution in [0.25, 0.3) is 11.0 Å². The molecule has 0 aliphatic carbocycles. The number of hydrogen-bond acceptors (Lipinski definition) is 9. The molecule has 1 aromatic carbocycles. The number of carbonyl (C=O) groups is 1. The molecule has 0 atom stereocenters. The number of carbonyl (C=O) groups excluding carboxylic acids is 1. The minimum Gasteiger partial charge on any atom is -0.739 e. The molecule has 0 aliphatic heterocycles. The standard InChI is InChI=1S/C22H24F3N5O6/c1-14(2)36-20(31)6-8-27-21-28-30(33)18-9-15(3-4-17(18)29(21)32)11-34-12-16-5-7-26-19(10-16)35-13-22(23,24)25/h3-5,7,9-10,14H,6,8,11-13H2,1-2H3,(H,27,28). The summed E-state index contributed by atoms with van der Waals surface area (Å²) in [6.07, 6.45) is -3.45. The third-order valence-electron chi connectivity index (χ3n) is 4.54. The number of nitrogens with one attached hydrogen (secondary N) is 1. The number of benzene rings is 1. The van der Waals surface area contributed by atoms with Crippen LogP contribution in [0.5, 0.6) is 5.88 Å². The summed E-state index contributed by atoms with van der Waals surface area (Å²) in [4.78, 5) is 15.6. The number of anilines is 1. The van der Waals surface area contributed by atoms with E-state index in [1.807, 2.05) is 0 Å². The zero-order chi connectivity index (χ0) is 26.3. The topological polar surface area (TPSA) is 136 Å². The third kappa shape index (κ3) is 7.80. The van der Waals surface area contributed by atoms with E-state index in [0.717, 1.165) is 0 Å². The smallest absolute Gasteiger partial charge is 0.460 e. The van der Waals surface area contributed by atoms with Gasteiger partial charge in [0.15, 0.2) is 12.1 Å². The quantitative estimate of drug-likeness (QED) is 0.234. The van der Waals surface area contributed by atoms with Gasteiger partial charge in [-0.3, -0.25) is 10.1 Å². The van der Waals surface area contributed by atoms with Crippen molar-refractivity contribution in [1.82, 2.24) is 10.1 Å². The van der Waals surface area contributed by atoms with Crippen molar-refractivity contribution in [3.63, 3.8) is 0 Å². The molecule has 1 N–H and O–H groups in total. The van der Waals surface area contributed by atoms with Gasteiger partial charge in [0, 0.05) is 23.2 Å². The highest BCUT2D eigenvalue weighted by Gasteiger charge is 2.28. The molecular formula is C22H24F3N5O6. The molecule has 14 heteroatoms.